The average Bonchev–Trinajstić information content (AvgIpc) is 2.71. The van der Waals surface area contributed by atoms with Gasteiger partial charge in [-0.15, -0.1) is 0 Å². The van der Waals surface area contributed by atoms with Gasteiger partial charge in [-0.05, 0) is 25.3 Å². The molecule has 1 aromatic heterocycles. The average molecular weight is 200 g/mol. The Kier molecular flexibility index (Phi) is 2.56. The zero-order chi connectivity index (χ0) is 9.26. The topological polar surface area (TPSA) is 43.8 Å². The molecule has 0 amide bonds. The first-order valence-electron chi connectivity index (χ1n) is 4.71. The molecule has 0 aromatic carbocycles. The second-order valence-electron chi connectivity index (χ2n) is 3.63. The molecular formula is C9H14ClN3. The maximum absolute atomic E-state index is 5.82. The Morgan fingerprint density at radius 3 is 3.08 bits per heavy atom. The van der Waals surface area contributed by atoms with Crippen molar-refractivity contribution in [2.24, 2.45) is 11.7 Å². The van der Waals surface area contributed by atoms with Crippen LogP contribution in [-0.4, -0.2) is 16.3 Å². The van der Waals surface area contributed by atoms with Gasteiger partial charge in [0.15, 0.2) is 0 Å². The minimum atomic E-state index is 0.470. The van der Waals surface area contributed by atoms with Crippen molar-refractivity contribution in [2.75, 3.05) is 6.54 Å². The molecule has 1 saturated carbocycles. The minimum absolute atomic E-state index is 0.470. The van der Waals surface area contributed by atoms with Crippen LogP contribution in [0.1, 0.15) is 25.3 Å². The predicted octanol–water partition coefficient (Wildman–Crippen LogP) is 1.84. The van der Waals surface area contributed by atoms with Crippen LogP contribution in [0.25, 0.3) is 0 Å². The Balaban J connectivity index is 2.15. The van der Waals surface area contributed by atoms with Gasteiger partial charge in [-0.2, -0.15) is 5.10 Å². The smallest absolute Gasteiger partial charge is 0.0785 e. The van der Waals surface area contributed by atoms with Gasteiger partial charge in [0, 0.05) is 6.20 Å². The van der Waals surface area contributed by atoms with E-state index in [9.17, 15) is 0 Å². The SMILES string of the molecule is NCC1CCCC1n1cc(Cl)cn1. The maximum atomic E-state index is 5.82. The van der Waals surface area contributed by atoms with Crippen LogP contribution in [0, 0.1) is 5.92 Å². The van der Waals surface area contributed by atoms with Crippen LogP contribution in [-0.2, 0) is 0 Å². The summed E-state index contributed by atoms with van der Waals surface area (Å²) in [5.74, 6) is 0.580. The summed E-state index contributed by atoms with van der Waals surface area (Å²) in [7, 11) is 0. The van der Waals surface area contributed by atoms with Crippen molar-refractivity contribution in [3.05, 3.63) is 17.4 Å². The fourth-order valence-corrected chi connectivity index (χ4v) is 2.28. The van der Waals surface area contributed by atoms with E-state index in [-0.39, 0.29) is 0 Å². The number of halogens is 1. The molecule has 13 heavy (non-hydrogen) atoms. The highest BCUT2D eigenvalue weighted by molar-refractivity contribution is 6.30. The Bertz CT molecular complexity index is 284. The third-order valence-electron chi connectivity index (χ3n) is 2.83. The van der Waals surface area contributed by atoms with Crippen LogP contribution in [0.15, 0.2) is 12.4 Å². The molecule has 2 atom stereocenters. The van der Waals surface area contributed by atoms with E-state index in [0.29, 0.717) is 17.0 Å². The van der Waals surface area contributed by atoms with Crippen LogP contribution in [0.4, 0.5) is 0 Å². The Morgan fingerprint density at radius 1 is 1.62 bits per heavy atom. The number of nitrogens with two attached hydrogens (primary N) is 1. The van der Waals surface area contributed by atoms with Gasteiger partial charge in [-0.3, -0.25) is 4.68 Å². The van der Waals surface area contributed by atoms with Crippen LogP contribution in [0.3, 0.4) is 0 Å². The molecule has 0 bridgehead atoms. The lowest BCUT2D eigenvalue weighted by molar-refractivity contribution is 0.358. The normalized spacial score (nSPS) is 28.2. The molecule has 2 rings (SSSR count). The highest BCUT2D eigenvalue weighted by atomic mass is 35.5. The summed E-state index contributed by atoms with van der Waals surface area (Å²) in [6.07, 6.45) is 7.23. The largest absolute Gasteiger partial charge is 0.330 e. The van der Waals surface area contributed by atoms with Crippen LogP contribution < -0.4 is 5.73 Å². The quantitative estimate of drug-likeness (QED) is 0.790. The van der Waals surface area contributed by atoms with Crippen LogP contribution >= 0.6 is 11.6 Å². The zero-order valence-electron chi connectivity index (χ0n) is 7.49. The van der Waals surface area contributed by atoms with Crippen molar-refractivity contribution in [1.29, 1.82) is 0 Å². The van der Waals surface area contributed by atoms with Gasteiger partial charge in [0.05, 0.1) is 17.3 Å². The molecule has 2 unspecified atom stereocenters. The third-order valence-corrected chi connectivity index (χ3v) is 3.03. The van der Waals surface area contributed by atoms with Gasteiger partial charge in [-0.1, -0.05) is 18.0 Å². The van der Waals surface area contributed by atoms with E-state index >= 15 is 0 Å². The predicted molar refractivity (Wildman–Crippen MR) is 52.7 cm³/mol. The fourth-order valence-electron chi connectivity index (χ4n) is 2.14. The van der Waals surface area contributed by atoms with E-state index in [1.165, 1.54) is 19.3 Å². The van der Waals surface area contributed by atoms with Crippen molar-refractivity contribution in [3.8, 4) is 0 Å². The van der Waals surface area contributed by atoms with E-state index < -0.39 is 0 Å². The lowest BCUT2D eigenvalue weighted by Gasteiger charge is -2.17. The van der Waals surface area contributed by atoms with Crippen molar-refractivity contribution >= 4 is 11.6 Å². The molecule has 1 heterocycles. The Hall–Kier alpha value is -0.540. The Morgan fingerprint density at radius 2 is 2.46 bits per heavy atom. The summed E-state index contributed by atoms with van der Waals surface area (Å²) in [6.45, 7) is 0.752. The molecule has 3 nitrogen and oxygen atoms in total. The summed E-state index contributed by atoms with van der Waals surface area (Å²) in [5.41, 5.74) is 5.69. The molecule has 0 spiro atoms. The number of nitrogens with zero attached hydrogens (tertiary/aromatic N) is 2. The van der Waals surface area contributed by atoms with Crippen molar-refractivity contribution in [3.63, 3.8) is 0 Å². The third kappa shape index (κ3) is 1.71. The molecule has 0 radical (unpaired) electrons. The van der Waals surface area contributed by atoms with E-state index in [4.69, 9.17) is 17.3 Å². The molecule has 0 saturated heterocycles. The molecule has 1 aliphatic carbocycles. The standard InChI is InChI=1S/C9H14ClN3/c10-8-5-12-13(6-8)9-3-1-2-7(9)4-11/h5-7,9H,1-4,11H2. The molecule has 1 aliphatic rings. The van der Waals surface area contributed by atoms with E-state index in [2.05, 4.69) is 5.10 Å². The summed E-state index contributed by atoms with van der Waals surface area (Å²) < 4.78 is 1.97. The van der Waals surface area contributed by atoms with Gasteiger partial charge in [0.1, 0.15) is 0 Å². The maximum Gasteiger partial charge on any atom is 0.0785 e. The molecule has 72 valence electrons. The van der Waals surface area contributed by atoms with Crippen LogP contribution in [0.5, 0.6) is 0 Å². The number of hydrogen-bond acceptors (Lipinski definition) is 2. The lowest BCUT2D eigenvalue weighted by atomic mass is 10.0. The fraction of sp³-hybridized carbons (Fsp3) is 0.667. The monoisotopic (exact) mass is 199 g/mol. The first-order chi connectivity index (χ1) is 6.31. The van der Waals surface area contributed by atoms with Gasteiger partial charge in [-0.25, -0.2) is 0 Å². The molecular weight excluding hydrogens is 186 g/mol. The number of rotatable bonds is 2. The highest BCUT2D eigenvalue weighted by Gasteiger charge is 2.27. The molecule has 2 N–H and O–H groups in total. The van der Waals surface area contributed by atoms with Gasteiger partial charge in [0.25, 0.3) is 0 Å². The summed E-state index contributed by atoms with van der Waals surface area (Å²) in [4.78, 5) is 0. The van der Waals surface area contributed by atoms with Gasteiger partial charge < -0.3 is 5.73 Å². The molecule has 4 heteroatoms. The summed E-state index contributed by atoms with van der Waals surface area (Å²) in [6, 6.07) is 0.470. The van der Waals surface area contributed by atoms with E-state index in [1.807, 2.05) is 10.9 Å². The minimum Gasteiger partial charge on any atom is -0.330 e. The van der Waals surface area contributed by atoms with Crippen LogP contribution in [0.2, 0.25) is 5.02 Å². The first kappa shape index (κ1) is 9.03. The highest BCUT2D eigenvalue weighted by Crippen LogP contribution is 2.34. The lowest BCUT2D eigenvalue weighted by Crippen LogP contribution is -2.21. The van der Waals surface area contributed by atoms with Crippen molar-refractivity contribution < 1.29 is 0 Å². The second kappa shape index (κ2) is 3.68. The molecule has 1 aromatic rings. The molecule has 0 aliphatic heterocycles. The van der Waals surface area contributed by atoms with Gasteiger partial charge >= 0.3 is 0 Å². The van der Waals surface area contributed by atoms with E-state index in [1.54, 1.807) is 6.20 Å². The first-order valence-corrected chi connectivity index (χ1v) is 5.09. The van der Waals surface area contributed by atoms with Crippen molar-refractivity contribution in [1.82, 2.24) is 9.78 Å². The van der Waals surface area contributed by atoms with Gasteiger partial charge in [0.2, 0.25) is 0 Å². The molecule has 1 fully saturated rings. The summed E-state index contributed by atoms with van der Waals surface area (Å²) >= 11 is 5.82. The number of hydrogen-bond donors (Lipinski definition) is 1. The van der Waals surface area contributed by atoms with Crippen molar-refractivity contribution in [2.45, 2.75) is 25.3 Å². The summed E-state index contributed by atoms with van der Waals surface area (Å²) in [5, 5.41) is 4.94. The van der Waals surface area contributed by atoms with E-state index in [0.717, 1.165) is 6.54 Å². The zero-order valence-corrected chi connectivity index (χ0v) is 8.24. The number of aromatic nitrogens is 2. The Labute approximate surface area is 82.9 Å². The second-order valence-corrected chi connectivity index (χ2v) is 4.07.